The number of amides is 1. The predicted octanol–water partition coefficient (Wildman–Crippen LogP) is 0.897. The van der Waals surface area contributed by atoms with Gasteiger partial charge in [-0.05, 0) is 25.6 Å². The number of nitrogens with zero attached hydrogens (tertiary/aromatic N) is 5. The van der Waals surface area contributed by atoms with Crippen LogP contribution >= 0.6 is 11.8 Å². The molecule has 1 amide bonds. The van der Waals surface area contributed by atoms with Crippen molar-refractivity contribution in [2.45, 2.75) is 24.3 Å². The second-order valence-corrected chi connectivity index (χ2v) is 6.98. The first-order chi connectivity index (χ1) is 11.6. The van der Waals surface area contributed by atoms with Crippen LogP contribution in [0, 0.1) is 0 Å². The molecule has 24 heavy (non-hydrogen) atoms. The molecule has 9 heteroatoms. The van der Waals surface area contributed by atoms with Crippen molar-refractivity contribution in [2.75, 3.05) is 38.6 Å². The van der Waals surface area contributed by atoms with E-state index in [1.165, 1.54) is 16.4 Å². The lowest BCUT2D eigenvalue weighted by molar-refractivity contribution is -0.132. The molecule has 2 aromatic heterocycles. The average molecular weight is 350 g/mol. The fraction of sp³-hybridized carbons (Fsp3) is 0.533. The zero-order valence-corrected chi connectivity index (χ0v) is 14.7. The SMILES string of the molecule is CCN1CCN(C(=O)C(C)Sc2nnc(-c3ccco3)n2N)CC1. The monoisotopic (exact) mass is 350 g/mol. The Bertz CT molecular complexity index is 678. The maximum Gasteiger partial charge on any atom is 0.235 e. The molecule has 130 valence electrons. The van der Waals surface area contributed by atoms with Gasteiger partial charge in [-0.15, -0.1) is 10.2 Å². The lowest BCUT2D eigenvalue weighted by atomic mass is 10.3. The van der Waals surface area contributed by atoms with Gasteiger partial charge in [0.25, 0.3) is 0 Å². The van der Waals surface area contributed by atoms with Gasteiger partial charge in [0, 0.05) is 26.2 Å². The Morgan fingerprint density at radius 2 is 2.12 bits per heavy atom. The van der Waals surface area contributed by atoms with E-state index in [9.17, 15) is 4.79 Å². The Morgan fingerprint density at radius 3 is 2.75 bits per heavy atom. The third kappa shape index (κ3) is 3.41. The molecule has 0 aliphatic carbocycles. The van der Waals surface area contributed by atoms with Crippen LogP contribution in [0.3, 0.4) is 0 Å². The van der Waals surface area contributed by atoms with Gasteiger partial charge in [0.2, 0.25) is 16.9 Å². The standard InChI is InChI=1S/C15H22N6O2S/c1-3-19-6-8-20(9-7-19)14(22)11(2)24-15-18-17-13(21(15)16)12-5-4-10-23-12/h4-5,10-11H,3,6-9,16H2,1-2H3. The van der Waals surface area contributed by atoms with Gasteiger partial charge in [-0.3, -0.25) is 4.79 Å². The third-order valence-corrected chi connectivity index (χ3v) is 5.21. The first-order valence-electron chi connectivity index (χ1n) is 8.02. The van der Waals surface area contributed by atoms with E-state index in [1.54, 1.807) is 18.4 Å². The number of likely N-dealkylation sites (N-methyl/N-ethyl adjacent to an activating group) is 1. The highest BCUT2D eigenvalue weighted by Crippen LogP contribution is 2.26. The molecule has 2 aromatic rings. The van der Waals surface area contributed by atoms with Gasteiger partial charge >= 0.3 is 0 Å². The molecule has 8 nitrogen and oxygen atoms in total. The van der Waals surface area contributed by atoms with Crippen molar-refractivity contribution in [2.24, 2.45) is 0 Å². The summed E-state index contributed by atoms with van der Waals surface area (Å²) in [4.78, 5) is 16.9. The number of carbonyl (C=O) groups excluding carboxylic acids is 1. The highest BCUT2D eigenvalue weighted by molar-refractivity contribution is 8.00. The lowest BCUT2D eigenvalue weighted by Crippen LogP contribution is -2.50. The number of rotatable bonds is 5. The summed E-state index contributed by atoms with van der Waals surface area (Å²) in [6.07, 6.45) is 1.55. The molecule has 2 N–H and O–H groups in total. The number of hydrogen-bond acceptors (Lipinski definition) is 7. The van der Waals surface area contributed by atoms with Crippen LogP contribution in [0.15, 0.2) is 28.0 Å². The molecule has 1 saturated heterocycles. The Morgan fingerprint density at radius 1 is 1.38 bits per heavy atom. The van der Waals surface area contributed by atoms with E-state index < -0.39 is 0 Å². The van der Waals surface area contributed by atoms with Crippen molar-refractivity contribution in [3.05, 3.63) is 18.4 Å². The first-order valence-corrected chi connectivity index (χ1v) is 8.90. The van der Waals surface area contributed by atoms with Gasteiger partial charge in [0.1, 0.15) is 0 Å². The molecule has 1 unspecified atom stereocenters. The summed E-state index contributed by atoms with van der Waals surface area (Å²) in [6.45, 7) is 8.43. The van der Waals surface area contributed by atoms with Gasteiger partial charge in [0.15, 0.2) is 5.76 Å². The summed E-state index contributed by atoms with van der Waals surface area (Å²) in [5.41, 5.74) is 0. The van der Waals surface area contributed by atoms with E-state index in [0.717, 1.165) is 32.7 Å². The minimum atomic E-state index is -0.269. The first kappa shape index (κ1) is 16.8. The molecule has 1 aliphatic rings. The van der Waals surface area contributed by atoms with Crippen molar-refractivity contribution in [1.82, 2.24) is 24.7 Å². The van der Waals surface area contributed by atoms with Crippen LogP contribution in [0.2, 0.25) is 0 Å². The highest BCUT2D eigenvalue weighted by Gasteiger charge is 2.27. The van der Waals surface area contributed by atoms with E-state index in [4.69, 9.17) is 10.3 Å². The normalized spacial score (nSPS) is 17.2. The Labute approximate surface area is 145 Å². The molecule has 0 aromatic carbocycles. The minimum absolute atomic E-state index is 0.110. The van der Waals surface area contributed by atoms with Crippen molar-refractivity contribution >= 4 is 17.7 Å². The van der Waals surface area contributed by atoms with Crippen LogP contribution in [-0.4, -0.2) is 68.6 Å². The molecule has 1 aliphatic heterocycles. The van der Waals surface area contributed by atoms with Crippen LogP contribution < -0.4 is 5.84 Å². The number of carbonyl (C=O) groups is 1. The van der Waals surface area contributed by atoms with Crippen LogP contribution in [0.5, 0.6) is 0 Å². The maximum absolute atomic E-state index is 12.6. The zero-order valence-electron chi connectivity index (χ0n) is 13.9. The van der Waals surface area contributed by atoms with Gasteiger partial charge in [0.05, 0.1) is 11.5 Å². The Balaban J connectivity index is 1.63. The van der Waals surface area contributed by atoms with E-state index in [0.29, 0.717) is 16.7 Å². The highest BCUT2D eigenvalue weighted by atomic mass is 32.2. The molecule has 3 heterocycles. The number of aromatic nitrogens is 3. The van der Waals surface area contributed by atoms with E-state index in [1.807, 2.05) is 11.8 Å². The Hall–Kier alpha value is -2.00. The summed E-state index contributed by atoms with van der Waals surface area (Å²) < 4.78 is 6.65. The molecular formula is C15H22N6O2S. The molecule has 0 spiro atoms. The zero-order chi connectivity index (χ0) is 17.1. The van der Waals surface area contributed by atoms with Crippen molar-refractivity contribution in [3.63, 3.8) is 0 Å². The van der Waals surface area contributed by atoms with Crippen LogP contribution in [0.25, 0.3) is 11.6 Å². The van der Waals surface area contributed by atoms with Crippen LogP contribution in [0.1, 0.15) is 13.8 Å². The van der Waals surface area contributed by atoms with E-state index in [2.05, 4.69) is 22.0 Å². The molecule has 3 rings (SSSR count). The summed E-state index contributed by atoms with van der Waals surface area (Å²) in [7, 11) is 0. The van der Waals surface area contributed by atoms with Crippen LogP contribution in [-0.2, 0) is 4.79 Å². The number of nitrogen functional groups attached to an aromatic ring is 1. The topological polar surface area (TPSA) is 93.4 Å². The lowest BCUT2D eigenvalue weighted by Gasteiger charge is -2.35. The fourth-order valence-electron chi connectivity index (χ4n) is 2.68. The van der Waals surface area contributed by atoms with Crippen molar-refractivity contribution in [1.29, 1.82) is 0 Å². The summed E-state index contributed by atoms with van der Waals surface area (Å²) in [5.74, 6) is 7.14. The molecule has 0 bridgehead atoms. The van der Waals surface area contributed by atoms with E-state index >= 15 is 0 Å². The second kappa shape index (κ2) is 7.27. The fourth-order valence-corrected chi connectivity index (χ4v) is 3.54. The number of piperazine rings is 1. The second-order valence-electron chi connectivity index (χ2n) is 5.67. The molecule has 0 saturated carbocycles. The molecule has 0 radical (unpaired) electrons. The summed E-state index contributed by atoms with van der Waals surface area (Å²) >= 11 is 1.31. The number of hydrogen-bond donors (Lipinski definition) is 1. The third-order valence-electron chi connectivity index (χ3n) is 4.17. The quantitative estimate of drug-likeness (QED) is 0.632. The van der Waals surface area contributed by atoms with E-state index in [-0.39, 0.29) is 11.2 Å². The molecule has 1 atom stereocenters. The maximum atomic E-state index is 12.6. The largest absolute Gasteiger partial charge is 0.461 e. The summed E-state index contributed by atoms with van der Waals surface area (Å²) in [5, 5.41) is 8.35. The smallest absolute Gasteiger partial charge is 0.235 e. The predicted molar refractivity (Wildman–Crippen MR) is 91.9 cm³/mol. The average Bonchev–Trinajstić information content (AvgIpc) is 3.25. The van der Waals surface area contributed by atoms with Crippen LogP contribution in [0.4, 0.5) is 0 Å². The van der Waals surface area contributed by atoms with Gasteiger partial charge < -0.3 is 20.1 Å². The van der Waals surface area contributed by atoms with Gasteiger partial charge in [-0.2, -0.15) is 0 Å². The molecular weight excluding hydrogens is 328 g/mol. The number of nitrogens with two attached hydrogens (primary N) is 1. The van der Waals surface area contributed by atoms with Crippen molar-refractivity contribution in [3.8, 4) is 11.6 Å². The number of furan rings is 1. The van der Waals surface area contributed by atoms with Gasteiger partial charge in [-0.25, -0.2) is 4.68 Å². The molecule has 1 fully saturated rings. The summed E-state index contributed by atoms with van der Waals surface area (Å²) in [6, 6.07) is 3.53. The van der Waals surface area contributed by atoms with Crippen molar-refractivity contribution < 1.29 is 9.21 Å². The number of thioether (sulfide) groups is 1. The minimum Gasteiger partial charge on any atom is -0.461 e. The van der Waals surface area contributed by atoms with Gasteiger partial charge in [-0.1, -0.05) is 18.7 Å². The Kier molecular flexibility index (Phi) is 5.10.